The second-order valence-electron chi connectivity index (χ2n) is 5.43. The number of ketones is 1. The van der Waals surface area contributed by atoms with Crippen molar-refractivity contribution in [1.82, 2.24) is 9.21 Å². The third-order valence-electron chi connectivity index (χ3n) is 3.30. The van der Waals surface area contributed by atoms with Crippen LogP contribution in [-0.4, -0.2) is 63.4 Å². The molecule has 0 aromatic carbocycles. The molecular weight excluding hydrogens is 252 g/mol. The fraction of sp³-hybridized carbons (Fsp3) is 0.917. The fourth-order valence-corrected chi connectivity index (χ4v) is 3.21. The third-order valence-corrected chi connectivity index (χ3v) is 4.57. The maximum absolute atomic E-state index is 11.8. The predicted octanol–water partition coefficient (Wildman–Crippen LogP) is 0.569. The molecule has 5 nitrogen and oxygen atoms in total. The van der Waals surface area contributed by atoms with Crippen LogP contribution in [0.3, 0.4) is 0 Å². The topological polar surface area (TPSA) is 57.7 Å². The van der Waals surface area contributed by atoms with Crippen molar-refractivity contribution in [3.63, 3.8) is 0 Å². The molecule has 0 N–H and O–H groups in total. The van der Waals surface area contributed by atoms with Crippen LogP contribution in [0.15, 0.2) is 0 Å². The molecule has 0 amide bonds. The molecular formula is C12H24N2O3S. The van der Waals surface area contributed by atoms with Crippen LogP contribution in [0, 0.1) is 5.92 Å². The van der Waals surface area contributed by atoms with Crippen molar-refractivity contribution in [2.75, 3.05) is 40.0 Å². The van der Waals surface area contributed by atoms with Crippen LogP contribution in [0.1, 0.15) is 25.7 Å². The normalized spacial score (nSPS) is 22.3. The Morgan fingerprint density at radius 2 is 2.06 bits per heavy atom. The molecule has 0 aromatic heterocycles. The Labute approximate surface area is 110 Å². The lowest BCUT2D eigenvalue weighted by Crippen LogP contribution is -2.39. The van der Waals surface area contributed by atoms with E-state index in [1.165, 1.54) is 10.6 Å². The standard InChI is InChI=1S/C12H24N2O3S/c1-13(2)8-6-12(15)9-11-5-4-7-14(10-11)18(3,16)17/h11H,4-10H2,1-3H3. The van der Waals surface area contributed by atoms with E-state index in [-0.39, 0.29) is 11.7 Å². The average molecular weight is 276 g/mol. The molecule has 1 atom stereocenters. The summed E-state index contributed by atoms with van der Waals surface area (Å²) >= 11 is 0. The van der Waals surface area contributed by atoms with Gasteiger partial charge in [0.1, 0.15) is 5.78 Å². The summed E-state index contributed by atoms with van der Waals surface area (Å²) in [7, 11) is 0.781. The first kappa shape index (κ1) is 15.6. The number of hydrogen-bond acceptors (Lipinski definition) is 4. The van der Waals surface area contributed by atoms with Crippen LogP contribution in [0.2, 0.25) is 0 Å². The highest BCUT2D eigenvalue weighted by Gasteiger charge is 2.26. The van der Waals surface area contributed by atoms with Gasteiger partial charge in [-0.25, -0.2) is 12.7 Å². The molecule has 0 saturated carbocycles. The number of carbonyl (C=O) groups is 1. The highest BCUT2D eigenvalue weighted by Crippen LogP contribution is 2.22. The minimum atomic E-state index is -3.11. The predicted molar refractivity (Wildman–Crippen MR) is 71.9 cm³/mol. The molecule has 1 aliphatic rings. The van der Waals surface area contributed by atoms with E-state index in [0.717, 1.165) is 19.4 Å². The number of Topliss-reactive ketones (excluding diaryl/α,β-unsaturated/α-hetero) is 1. The Bertz CT molecular complexity index is 379. The minimum absolute atomic E-state index is 0.197. The highest BCUT2D eigenvalue weighted by atomic mass is 32.2. The molecule has 106 valence electrons. The quantitative estimate of drug-likeness (QED) is 0.711. The Morgan fingerprint density at radius 3 is 2.61 bits per heavy atom. The molecule has 1 aliphatic heterocycles. The van der Waals surface area contributed by atoms with Gasteiger partial charge in [0.05, 0.1) is 6.26 Å². The first-order valence-electron chi connectivity index (χ1n) is 6.40. The van der Waals surface area contributed by atoms with E-state index < -0.39 is 10.0 Å². The van der Waals surface area contributed by atoms with Crippen molar-refractivity contribution in [2.45, 2.75) is 25.7 Å². The zero-order chi connectivity index (χ0) is 13.8. The molecule has 1 saturated heterocycles. The lowest BCUT2D eigenvalue weighted by molar-refractivity contribution is -0.120. The molecule has 1 heterocycles. The molecule has 0 spiro atoms. The number of sulfonamides is 1. The van der Waals surface area contributed by atoms with Crippen LogP contribution < -0.4 is 0 Å². The smallest absolute Gasteiger partial charge is 0.211 e. The van der Waals surface area contributed by atoms with Crippen LogP contribution in [0.25, 0.3) is 0 Å². The Balaban J connectivity index is 2.41. The van der Waals surface area contributed by atoms with Gasteiger partial charge in [-0.1, -0.05) is 0 Å². The van der Waals surface area contributed by atoms with Gasteiger partial charge in [0, 0.05) is 32.5 Å². The van der Waals surface area contributed by atoms with Gasteiger partial charge in [-0.3, -0.25) is 4.79 Å². The molecule has 1 rings (SSSR count). The van der Waals surface area contributed by atoms with Crippen molar-refractivity contribution in [1.29, 1.82) is 0 Å². The van der Waals surface area contributed by atoms with Crippen molar-refractivity contribution in [3.8, 4) is 0 Å². The Morgan fingerprint density at radius 1 is 1.39 bits per heavy atom. The van der Waals surface area contributed by atoms with Gasteiger partial charge >= 0.3 is 0 Å². The molecule has 0 radical (unpaired) electrons. The zero-order valence-electron chi connectivity index (χ0n) is 11.6. The lowest BCUT2D eigenvalue weighted by Gasteiger charge is -2.30. The van der Waals surface area contributed by atoms with E-state index in [9.17, 15) is 13.2 Å². The number of hydrogen-bond donors (Lipinski definition) is 0. The first-order valence-corrected chi connectivity index (χ1v) is 8.25. The van der Waals surface area contributed by atoms with Gasteiger partial charge in [-0.2, -0.15) is 0 Å². The minimum Gasteiger partial charge on any atom is -0.309 e. The van der Waals surface area contributed by atoms with Crippen LogP contribution >= 0.6 is 0 Å². The van der Waals surface area contributed by atoms with Crippen molar-refractivity contribution in [3.05, 3.63) is 0 Å². The number of carbonyl (C=O) groups excluding carboxylic acids is 1. The highest BCUT2D eigenvalue weighted by molar-refractivity contribution is 7.88. The van der Waals surface area contributed by atoms with Gasteiger partial charge < -0.3 is 4.90 Å². The number of rotatable bonds is 6. The Hall–Kier alpha value is -0.460. The molecule has 1 unspecified atom stereocenters. The van der Waals surface area contributed by atoms with E-state index in [2.05, 4.69) is 0 Å². The van der Waals surface area contributed by atoms with Crippen molar-refractivity contribution >= 4 is 15.8 Å². The maximum Gasteiger partial charge on any atom is 0.211 e. The first-order chi connectivity index (χ1) is 8.29. The molecule has 0 bridgehead atoms. The van der Waals surface area contributed by atoms with E-state index in [0.29, 0.717) is 25.9 Å². The van der Waals surface area contributed by atoms with Crippen LogP contribution in [0.5, 0.6) is 0 Å². The summed E-state index contributed by atoms with van der Waals surface area (Å²) in [5.74, 6) is 0.437. The summed E-state index contributed by atoms with van der Waals surface area (Å²) in [6.07, 6.45) is 4.13. The molecule has 6 heteroatoms. The van der Waals surface area contributed by atoms with Crippen molar-refractivity contribution < 1.29 is 13.2 Å². The number of nitrogens with zero attached hydrogens (tertiary/aromatic N) is 2. The lowest BCUT2D eigenvalue weighted by atomic mass is 9.93. The van der Waals surface area contributed by atoms with Crippen molar-refractivity contribution in [2.24, 2.45) is 5.92 Å². The summed E-state index contributed by atoms with van der Waals surface area (Å²) in [6, 6.07) is 0. The SMILES string of the molecule is CN(C)CCC(=O)CC1CCCN(S(C)(=O)=O)C1. The van der Waals surface area contributed by atoms with Gasteiger partial charge in [0.2, 0.25) is 10.0 Å². The third kappa shape index (κ3) is 5.46. The fourth-order valence-electron chi connectivity index (χ4n) is 2.27. The largest absolute Gasteiger partial charge is 0.309 e. The van der Waals surface area contributed by atoms with E-state index in [4.69, 9.17) is 0 Å². The number of piperidine rings is 1. The van der Waals surface area contributed by atoms with Crippen LogP contribution in [-0.2, 0) is 14.8 Å². The van der Waals surface area contributed by atoms with Gasteiger partial charge in [-0.15, -0.1) is 0 Å². The van der Waals surface area contributed by atoms with Crippen LogP contribution in [0.4, 0.5) is 0 Å². The molecule has 1 fully saturated rings. The van der Waals surface area contributed by atoms with Gasteiger partial charge in [0.25, 0.3) is 0 Å². The maximum atomic E-state index is 11.8. The van der Waals surface area contributed by atoms with E-state index in [1.54, 1.807) is 0 Å². The van der Waals surface area contributed by atoms with E-state index >= 15 is 0 Å². The summed E-state index contributed by atoms with van der Waals surface area (Å²) in [5, 5.41) is 0. The molecule has 18 heavy (non-hydrogen) atoms. The summed E-state index contributed by atoms with van der Waals surface area (Å²) in [6.45, 7) is 1.87. The summed E-state index contributed by atoms with van der Waals surface area (Å²) in [4.78, 5) is 13.8. The zero-order valence-corrected chi connectivity index (χ0v) is 12.4. The summed E-state index contributed by atoms with van der Waals surface area (Å²) < 4.78 is 24.4. The molecule has 0 aromatic rings. The van der Waals surface area contributed by atoms with E-state index in [1.807, 2.05) is 19.0 Å². The second kappa shape index (κ2) is 6.63. The second-order valence-corrected chi connectivity index (χ2v) is 7.41. The summed E-state index contributed by atoms with van der Waals surface area (Å²) in [5.41, 5.74) is 0. The van der Waals surface area contributed by atoms with Gasteiger partial charge in [-0.05, 0) is 32.9 Å². The average Bonchev–Trinajstić information content (AvgIpc) is 2.25. The monoisotopic (exact) mass is 276 g/mol. The molecule has 0 aliphatic carbocycles. The van der Waals surface area contributed by atoms with Gasteiger partial charge in [0.15, 0.2) is 0 Å². The Kier molecular flexibility index (Phi) is 5.75.